The van der Waals surface area contributed by atoms with Gasteiger partial charge in [-0.2, -0.15) is 0 Å². The lowest BCUT2D eigenvalue weighted by Crippen LogP contribution is -2.43. The second-order valence-electron chi connectivity index (χ2n) is 7.33. The molecule has 1 amide bonds. The first-order valence-electron chi connectivity index (χ1n) is 9.28. The number of nitrogens with zero attached hydrogens (tertiary/aromatic N) is 3. The van der Waals surface area contributed by atoms with E-state index in [1.165, 1.54) is 0 Å². The molecule has 25 heavy (non-hydrogen) atoms. The zero-order valence-corrected chi connectivity index (χ0v) is 14.5. The van der Waals surface area contributed by atoms with Crippen LogP contribution in [0.25, 0.3) is 10.9 Å². The molecule has 0 spiro atoms. The number of likely N-dealkylation sites (tertiary alicyclic amines) is 2. The molecule has 0 aliphatic carbocycles. The molecule has 5 nitrogen and oxygen atoms in total. The smallest absolute Gasteiger partial charge is 0.226 e. The van der Waals surface area contributed by atoms with Gasteiger partial charge in [0.05, 0.1) is 11.4 Å². The third-order valence-electron chi connectivity index (χ3n) is 5.40. The highest BCUT2D eigenvalue weighted by atomic mass is 16.3. The average Bonchev–Trinajstić information content (AvgIpc) is 3.16. The largest absolute Gasteiger partial charge is 0.508 e. The van der Waals surface area contributed by atoms with Crippen LogP contribution in [0.1, 0.15) is 31.2 Å². The van der Waals surface area contributed by atoms with Gasteiger partial charge in [0.15, 0.2) is 0 Å². The van der Waals surface area contributed by atoms with Crippen molar-refractivity contribution >= 4 is 16.8 Å². The number of rotatable bonds is 3. The van der Waals surface area contributed by atoms with Crippen molar-refractivity contribution in [2.24, 2.45) is 5.92 Å². The summed E-state index contributed by atoms with van der Waals surface area (Å²) in [5.41, 5.74) is 1.97. The lowest BCUT2D eigenvalue weighted by atomic mass is 9.96. The summed E-state index contributed by atoms with van der Waals surface area (Å²) >= 11 is 0. The van der Waals surface area contributed by atoms with E-state index in [2.05, 4.69) is 20.9 Å². The Hall–Kier alpha value is -2.14. The average molecular weight is 339 g/mol. The van der Waals surface area contributed by atoms with Crippen LogP contribution in [0.5, 0.6) is 5.75 Å². The predicted octanol–water partition coefficient (Wildman–Crippen LogP) is 2.77. The fraction of sp³-hybridized carbons (Fsp3) is 0.500. The van der Waals surface area contributed by atoms with Crippen molar-refractivity contribution in [1.82, 2.24) is 14.8 Å². The maximum absolute atomic E-state index is 12.7. The molecule has 1 N–H and O–H groups in total. The summed E-state index contributed by atoms with van der Waals surface area (Å²) in [7, 11) is 0. The van der Waals surface area contributed by atoms with E-state index in [-0.39, 0.29) is 11.7 Å². The van der Waals surface area contributed by atoms with Crippen molar-refractivity contribution in [1.29, 1.82) is 0 Å². The Labute approximate surface area is 148 Å². The summed E-state index contributed by atoms with van der Waals surface area (Å²) in [6.07, 6.45) is 6.29. The Morgan fingerprint density at radius 1 is 1.16 bits per heavy atom. The Morgan fingerprint density at radius 2 is 2.00 bits per heavy atom. The van der Waals surface area contributed by atoms with E-state index in [0.717, 1.165) is 74.9 Å². The number of aromatic hydroxyl groups is 1. The van der Waals surface area contributed by atoms with E-state index in [9.17, 15) is 9.90 Å². The molecule has 1 aromatic carbocycles. The number of fused-ring (bicyclic) bond motifs is 1. The second kappa shape index (κ2) is 7.00. The molecule has 132 valence electrons. The molecule has 5 heteroatoms. The van der Waals surface area contributed by atoms with Crippen molar-refractivity contribution in [3.05, 3.63) is 36.0 Å². The minimum Gasteiger partial charge on any atom is -0.508 e. The normalized spacial score (nSPS) is 21.8. The van der Waals surface area contributed by atoms with Gasteiger partial charge in [-0.05, 0) is 56.0 Å². The molecular formula is C20H25N3O2. The van der Waals surface area contributed by atoms with Crippen LogP contribution in [-0.4, -0.2) is 52.0 Å². The monoisotopic (exact) mass is 339 g/mol. The zero-order valence-electron chi connectivity index (χ0n) is 14.5. The molecule has 4 rings (SSSR count). The highest BCUT2D eigenvalue weighted by Crippen LogP contribution is 2.24. The number of aromatic nitrogens is 1. The predicted molar refractivity (Wildman–Crippen MR) is 97.2 cm³/mol. The maximum atomic E-state index is 12.7. The number of carbonyl (C=O) groups excluding carboxylic acids is 1. The van der Waals surface area contributed by atoms with Crippen LogP contribution in [0.15, 0.2) is 30.5 Å². The lowest BCUT2D eigenvalue weighted by molar-refractivity contribution is -0.136. The van der Waals surface area contributed by atoms with Crippen molar-refractivity contribution < 1.29 is 9.90 Å². The van der Waals surface area contributed by atoms with E-state index in [4.69, 9.17) is 0 Å². The molecule has 0 radical (unpaired) electrons. The Kier molecular flexibility index (Phi) is 4.57. The quantitative estimate of drug-likeness (QED) is 0.934. The molecular weight excluding hydrogens is 314 g/mol. The van der Waals surface area contributed by atoms with Crippen LogP contribution in [0.4, 0.5) is 0 Å². The number of hydrogen-bond donors (Lipinski definition) is 1. The van der Waals surface area contributed by atoms with E-state index in [1.807, 2.05) is 12.3 Å². The van der Waals surface area contributed by atoms with Crippen LogP contribution in [0.2, 0.25) is 0 Å². The molecule has 1 atom stereocenters. The molecule has 2 aliphatic heterocycles. The van der Waals surface area contributed by atoms with Crippen LogP contribution in [0.3, 0.4) is 0 Å². The van der Waals surface area contributed by atoms with Crippen LogP contribution in [0, 0.1) is 5.92 Å². The van der Waals surface area contributed by atoms with Gasteiger partial charge in [0.25, 0.3) is 0 Å². The fourth-order valence-corrected chi connectivity index (χ4v) is 4.10. The van der Waals surface area contributed by atoms with E-state index in [1.54, 1.807) is 12.1 Å². The number of amides is 1. The highest BCUT2D eigenvalue weighted by molar-refractivity contribution is 5.80. The Balaban J connectivity index is 1.43. The molecule has 2 saturated heterocycles. The minimum atomic E-state index is 0.150. The summed E-state index contributed by atoms with van der Waals surface area (Å²) in [6, 6.07) is 7.41. The summed E-state index contributed by atoms with van der Waals surface area (Å²) in [5.74, 6) is 0.749. The first-order chi connectivity index (χ1) is 12.2. The summed E-state index contributed by atoms with van der Waals surface area (Å²) in [6.45, 7) is 4.60. The van der Waals surface area contributed by atoms with Gasteiger partial charge in [0.1, 0.15) is 5.75 Å². The number of carbonyl (C=O) groups is 1. The summed E-state index contributed by atoms with van der Waals surface area (Å²) < 4.78 is 0. The maximum Gasteiger partial charge on any atom is 0.226 e. The van der Waals surface area contributed by atoms with Crippen molar-refractivity contribution in [2.75, 3.05) is 26.2 Å². The van der Waals surface area contributed by atoms with Gasteiger partial charge in [-0.15, -0.1) is 0 Å². The third kappa shape index (κ3) is 3.61. The molecule has 1 aromatic heterocycles. The fourth-order valence-electron chi connectivity index (χ4n) is 4.10. The van der Waals surface area contributed by atoms with Gasteiger partial charge >= 0.3 is 0 Å². The summed E-state index contributed by atoms with van der Waals surface area (Å²) in [5, 5.41) is 10.6. The number of benzene rings is 1. The van der Waals surface area contributed by atoms with Crippen molar-refractivity contribution in [2.45, 2.75) is 32.2 Å². The first kappa shape index (κ1) is 16.3. The number of hydrogen-bond acceptors (Lipinski definition) is 4. The van der Waals surface area contributed by atoms with Crippen molar-refractivity contribution in [3.8, 4) is 5.75 Å². The highest BCUT2D eigenvalue weighted by Gasteiger charge is 2.30. The molecule has 0 bridgehead atoms. The van der Waals surface area contributed by atoms with Crippen LogP contribution in [-0.2, 0) is 11.3 Å². The molecule has 1 unspecified atom stereocenters. The topological polar surface area (TPSA) is 56.7 Å². The minimum absolute atomic E-state index is 0.150. The van der Waals surface area contributed by atoms with Crippen molar-refractivity contribution in [3.63, 3.8) is 0 Å². The third-order valence-corrected chi connectivity index (χ3v) is 5.40. The standard InChI is InChI=1S/C20H25N3O2/c24-18-6-5-16-10-15(12-21-19(16)11-18)13-22-7-3-4-17(14-22)20(25)23-8-1-2-9-23/h5-6,10-12,17,24H,1-4,7-9,13-14H2. The number of phenolic OH excluding ortho intramolecular Hbond substituents is 1. The van der Waals surface area contributed by atoms with Crippen LogP contribution >= 0.6 is 0 Å². The molecule has 3 heterocycles. The SMILES string of the molecule is O=C(C1CCCN(Cc2cnc3cc(O)ccc3c2)C1)N1CCCC1. The van der Waals surface area contributed by atoms with Crippen LogP contribution < -0.4 is 0 Å². The molecule has 2 fully saturated rings. The van der Waals surface area contributed by atoms with Gasteiger partial charge in [0, 0.05) is 43.8 Å². The van der Waals surface area contributed by atoms with Gasteiger partial charge < -0.3 is 10.0 Å². The van der Waals surface area contributed by atoms with Gasteiger partial charge in [-0.3, -0.25) is 14.7 Å². The second-order valence-corrected chi connectivity index (χ2v) is 7.33. The lowest BCUT2D eigenvalue weighted by Gasteiger charge is -2.33. The zero-order chi connectivity index (χ0) is 17.2. The molecule has 2 aliphatic rings. The number of pyridine rings is 1. The Morgan fingerprint density at radius 3 is 2.84 bits per heavy atom. The van der Waals surface area contributed by atoms with Gasteiger partial charge in [-0.25, -0.2) is 0 Å². The van der Waals surface area contributed by atoms with E-state index >= 15 is 0 Å². The first-order valence-corrected chi connectivity index (χ1v) is 9.28. The molecule has 2 aromatic rings. The van der Waals surface area contributed by atoms with E-state index < -0.39 is 0 Å². The number of phenols is 1. The number of piperidine rings is 1. The molecule has 0 saturated carbocycles. The van der Waals surface area contributed by atoms with E-state index in [0.29, 0.717) is 5.91 Å². The Bertz CT molecular complexity index is 771. The summed E-state index contributed by atoms with van der Waals surface area (Å²) in [4.78, 5) is 21.6. The van der Waals surface area contributed by atoms with Gasteiger partial charge in [0.2, 0.25) is 5.91 Å². The van der Waals surface area contributed by atoms with Gasteiger partial charge in [-0.1, -0.05) is 0 Å².